The fourth-order valence-electron chi connectivity index (χ4n) is 2.82. The molecule has 1 aliphatic carbocycles. The van der Waals surface area contributed by atoms with E-state index < -0.39 is 5.97 Å². The molecule has 3 rings (SSSR count). The first kappa shape index (κ1) is 13.7. The van der Waals surface area contributed by atoms with Crippen LogP contribution in [0.3, 0.4) is 0 Å². The number of methoxy groups -OCH3 is 1. The first-order valence-corrected chi connectivity index (χ1v) is 6.89. The highest BCUT2D eigenvalue weighted by atomic mass is 16.6. The molecule has 0 fully saturated rings. The highest BCUT2D eigenvalue weighted by molar-refractivity contribution is 5.86. The van der Waals surface area contributed by atoms with Crippen LogP contribution in [0.5, 0.6) is 5.75 Å². The minimum Gasteiger partial charge on any atom is -0.481 e. The van der Waals surface area contributed by atoms with E-state index in [1.54, 1.807) is 6.07 Å². The molecular formula is C16H16O5. The third kappa shape index (κ3) is 2.28. The number of carbonyl (C=O) groups excluding carboxylic acids is 1. The van der Waals surface area contributed by atoms with E-state index in [9.17, 15) is 9.59 Å². The van der Waals surface area contributed by atoms with E-state index in [2.05, 4.69) is 4.74 Å². The van der Waals surface area contributed by atoms with Crippen molar-refractivity contribution in [2.45, 2.75) is 26.2 Å². The van der Waals surface area contributed by atoms with Crippen LogP contribution < -0.4 is 10.4 Å². The van der Waals surface area contributed by atoms with Crippen LogP contribution in [0.25, 0.3) is 11.0 Å². The summed E-state index contributed by atoms with van der Waals surface area (Å²) in [7, 11) is 1.31. The molecule has 0 N–H and O–H groups in total. The molecule has 1 heterocycles. The Hall–Kier alpha value is -2.30. The molecule has 0 saturated carbocycles. The van der Waals surface area contributed by atoms with Gasteiger partial charge in [0, 0.05) is 16.5 Å². The summed E-state index contributed by atoms with van der Waals surface area (Å²) >= 11 is 0. The minimum atomic E-state index is -0.454. The van der Waals surface area contributed by atoms with Gasteiger partial charge in [0.15, 0.2) is 6.61 Å². The van der Waals surface area contributed by atoms with Gasteiger partial charge in [-0.15, -0.1) is 0 Å². The van der Waals surface area contributed by atoms with Crippen LogP contribution in [-0.4, -0.2) is 19.7 Å². The number of carbonyl (C=O) groups is 1. The normalized spacial score (nSPS) is 13.2. The lowest BCUT2D eigenvalue weighted by Gasteiger charge is -2.11. The molecule has 1 aliphatic rings. The molecule has 0 spiro atoms. The lowest BCUT2D eigenvalue weighted by atomic mass is 10.0. The summed E-state index contributed by atoms with van der Waals surface area (Å²) in [6.07, 6.45) is 2.67. The molecule has 5 nitrogen and oxygen atoms in total. The maximum Gasteiger partial charge on any atom is 0.343 e. The van der Waals surface area contributed by atoms with Crippen LogP contribution in [0, 0.1) is 6.92 Å². The highest BCUT2D eigenvalue weighted by Crippen LogP contribution is 2.32. The number of hydrogen-bond donors (Lipinski definition) is 0. The van der Waals surface area contributed by atoms with Gasteiger partial charge in [-0.25, -0.2) is 9.59 Å². The summed E-state index contributed by atoms with van der Waals surface area (Å²) in [5.74, 6) is 0.0684. The summed E-state index contributed by atoms with van der Waals surface area (Å²) in [6, 6.07) is 3.70. The van der Waals surface area contributed by atoms with Crippen molar-refractivity contribution in [1.82, 2.24) is 0 Å². The fraction of sp³-hybridized carbons (Fsp3) is 0.375. The number of esters is 1. The van der Waals surface area contributed by atoms with E-state index in [1.807, 2.05) is 13.0 Å². The number of benzene rings is 1. The van der Waals surface area contributed by atoms with Gasteiger partial charge in [0.25, 0.3) is 0 Å². The molecule has 2 aromatic rings. The topological polar surface area (TPSA) is 65.7 Å². The van der Waals surface area contributed by atoms with Crippen molar-refractivity contribution in [3.8, 4) is 5.75 Å². The van der Waals surface area contributed by atoms with Crippen molar-refractivity contribution in [1.29, 1.82) is 0 Å². The van der Waals surface area contributed by atoms with Crippen LogP contribution in [0.2, 0.25) is 0 Å². The molecule has 0 saturated heterocycles. The Morgan fingerprint density at radius 3 is 2.81 bits per heavy atom. The zero-order valence-corrected chi connectivity index (χ0v) is 12.0. The quantitative estimate of drug-likeness (QED) is 0.639. The Kier molecular flexibility index (Phi) is 3.41. The molecule has 1 aromatic heterocycles. The number of rotatable bonds is 3. The standard InChI is InChI=1S/C16H16O5/c1-9-13(20-8-14(17)19-2)7-6-11-10-4-3-5-12(10)16(18)21-15(9)11/h6-7H,3-5,8H2,1-2H3. The van der Waals surface area contributed by atoms with E-state index >= 15 is 0 Å². The monoisotopic (exact) mass is 288 g/mol. The van der Waals surface area contributed by atoms with Gasteiger partial charge in [0.2, 0.25) is 0 Å². The van der Waals surface area contributed by atoms with Gasteiger partial charge in [-0.3, -0.25) is 0 Å². The number of fused-ring (bicyclic) bond motifs is 3. The molecule has 110 valence electrons. The number of hydrogen-bond acceptors (Lipinski definition) is 5. The Bertz CT molecular complexity index is 772. The molecule has 0 aliphatic heterocycles. The zero-order valence-electron chi connectivity index (χ0n) is 12.0. The largest absolute Gasteiger partial charge is 0.481 e. The SMILES string of the molecule is COC(=O)COc1ccc2c3c(c(=O)oc2c1C)CCC3. The Balaban J connectivity index is 2.07. The highest BCUT2D eigenvalue weighted by Gasteiger charge is 2.21. The van der Waals surface area contributed by atoms with E-state index in [-0.39, 0.29) is 12.2 Å². The third-order valence-electron chi connectivity index (χ3n) is 3.91. The summed E-state index contributed by atoms with van der Waals surface area (Å²) in [4.78, 5) is 23.2. The van der Waals surface area contributed by atoms with Gasteiger partial charge >= 0.3 is 11.6 Å². The summed E-state index contributed by atoms with van der Waals surface area (Å²) < 4.78 is 15.4. The molecule has 1 aromatic carbocycles. The van der Waals surface area contributed by atoms with Crippen LogP contribution in [0.15, 0.2) is 21.3 Å². The van der Waals surface area contributed by atoms with E-state index in [0.29, 0.717) is 11.3 Å². The van der Waals surface area contributed by atoms with Crippen LogP contribution in [-0.2, 0) is 22.4 Å². The minimum absolute atomic E-state index is 0.169. The second-order valence-electron chi connectivity index (χ2n) is 5.13. The average Bonchev–Trinajstić information content (AvgIpc) is 2.97. The first-order chi connectivity index (χ1) is 10.1. The third-order valence-corrected chi connectivity index (χ3v) is 3.91. The van der Waals surface area contributed by atoms with E-state index in [1.165, 1.54) is 7.11 Å². The van der Waals surface area contributed by atoms with Gasteiger partial charge in [0.1, 0.15) is 11.3 Å². The van der Waals surface area contributed by atoms with Crippen molar-refractivity contribution in [2.24, 2.45) is 0 Å². The molecule has 0 unspecified atom stereocenters. The van der Waals surface area contributed by atoms with Crippen molar-refractivity contribution in [3.63, 3.8) is 0 Å². The maximum atomic E-state index is 12.0. The molecule has 0 radical (unpaired) electrons. The predicted octanol–water partition coefficient (Wildman–Crippen LogP) is 2.14. The molecular weight excluding hydrogens is 272 g/mol. The van der Waals surface area contributed by atoms with Crippen molar-refractivity contribution in [2.75, 3.05) is 13.7 Å². The average molecular weight is 288 g/mol. The summed E-state index contributed by atoms with van der Waals surface area (Å²) in [5.41, 5.74) is 2.89. The smallest absolute Gasteiger partial charge is 0.343 e. The summed E-state index contributed by atoms with van der Waals surface area (Å²) in [5, 5.41) is 0.963. The van der Waals surface area contributed by atoms with Crippen LogP contribution >= 0.6 is 0 Å². The molecule has 0 amide bonds. The Morgan fingerprint density at radius 2 is 2.05 bits per heavy atom. The number of aryl methyl sites for hydroxylation is 2. The van der Waals surface area contributed by atoms with Crippen LogP contribution in [0.1, 0.15) is 23.1 Å². The maximum absolute atomic E-state index is 12.0. The van der Waals surface area contributed by atoms with Crippen LogP contribution in [0.4, 0.5) is 0 Å². The van der Waals surface area contributed by atoms with E-state index in [4.69, 9.17) is 9.15 Å². The Morgan fingerprint density at radius 1 is 1.29 bits per heavy atom. The number of ether oxygens (including phenoxy) is 2. The zero-order chi connectivity index (χ0) is 15.0. The van der Waals surface area contributed by atoms with Gasteiger partial charge in [0.05, 0.1) is 7.11 Å². The van der Waals surface area contributed by atoms with Gasteiger partial charge in [-0.2, -0.15) is 0 Å². The first-order valence-electron chi connectivity index (χ1n) is 6.89. The van der Waals surface area contributed by atoms with Gasteiger partial charge in [-0.05, 0) is 43.9 Å². The van der Waals surface area contributed by atoms with Gasteiger partial charge in [-0.1, -0.05) is 0 Å². The second kappa shape index (κ2) is 5.24. The lowest BCUT2D eigenvalue weighted by Crippen LogP contribution is -2.13. The van der Waals surface area contributed by atoms with Crippen molar-refractivity contribution >= 4 is 16.9 Å². The fourth-order valence-corrected chi connectivity index (χ4v) is 2.82. The summed E-state index contributed by atoms with van der Waals surface area (Å²) in [6.45, 7) is 1.65. The lowest BCUT2D eigenvalue weighted by molar-refractivity contribution is -0.142. The van der Waals surface area contributed by atoms with E-state index in [0.717, 1.165) is 41.3 Å². The predicted molar refractivity (Wildman–Crippen MR) is 76.8 cm³/mol. The second-order valence-corrected chi connectivity index (χ2v) is 5.13. The molecule has 5 heteroatoms. The molecule has 0 atom stereocenters. The van der Waals surface area contributed by atoms with Crippen molar-refractivity contribution in [3.05, 3.63) is 39.2 Å². The molecule has 21 heavy (non-hydrogen) atoms. The van der Waals surface area contributed by atoms with Crippen molar-refractivity contribution < 1.29 is 18.7 Å². The van der Waals surface area contributed by atoms with Gasteiger partial charge < -0.3 is 13.9 Å². The molecule has 0 bridgehead atoms. The Labute approximate surface area is 121 Å².